The van der Waals surface area contributed by atoms with Crippen LogP contribution in [0.3, 0.4) is 0 Å². The molecule has 1 saturated heterocycles. The molecule has 108 valence electrons. The Morgan fingerprint density at radius 2 is 2.05 bits per heavy atom. The first-order valence-electron chi connectivity index (χ1n) is 7.12. The van der Waals surface area contributed by atoms with Gasteiger partial charge in [0.2, 0.25) is 11.8 Å². The van der Waals surface area contributed by atoms with Gasteiger partial charge in [-0.15, -0.1) is 0 Å². The number of carbonyl (C=O) groups excluding carboxylic acids is 2. The zero-order valence-electron chi connectivity index (χ0n) is 12.1. The summed E-state index contributed by atoms with van der Waals surface area (Å²) in [4.78, 5) is 25.8. The molecule has 4 nitrogen and oxygen atoms in total. The van der Waals surface area contributed by atoms with Gasteiger partial charge in [-0.3, -0.25) is 9.59 Å². The van der Waals surface area contributed by atoms with E-state index in [9.17, 15) is 9.59 Å². The summed E-state index contributed by atoms with van der Waals surface area (Å²) >= 11 is 0. The monoisotopic (exact) mass is 274 g/mol. The van der Waals surface area contributed by atoms with Crippen molar-refractivity contribution in [3.05, 3.63) is 35.9 Å². The van der Waals surface area contributed by atoms with Crippen LogP contribution in [0.4, 0.5) is 0 Å². The molecule has 2 atom stereocenters. The molecular weight excluding hydrogens is 252 g/mol. The van der Waals surface area contributed by atoms with Crippen molar-refractivity contribution in [1.29, 1.82) is 0 Å². The van der Waals surface area contributed by atoms with Crippen molar-refractivity contribution in [3.63, 3.8) is 0 Å². The normalized spacial score (nSPS) is 23.9. The molecule has 2 rings (SSSR count). The first-order chi connectivity index (χ1) is 9.48. The molecule has 1 aliphatic rings. The largest absolute Gasteiger partial charge is 0.368 e. The van der Waals surface area contributed by atoms with Gasteiger partial charge in [0.25, 0.3) is 0 Å². The third-order valence-electron chi connectivity index (χ3n) is 4.21. The van der Waals surface area contributed by atoms with Gasteiger partial charge in [-0.05, 0) is 24.8 Å². The molecular formula is C16H22N2O2. The van der Waals surface area contributed by atoms with Gasteiger partial charge in [0.05, 0.1) is 5.41 Å². The van der Waals surface area contributed by atoms with Gasteiger partial charge in [0.1, 0.15) is 6.04 Å². The number of nitrogens with two attached hydrogens (primary N) is 1. The van der Waals surface area contributed by atoms with Gasteiger partial charge in [0.15, 0.2) is 0 Å². The van der Waals surface area contributed by atoms with Crippen LogP contribution in [0, 0.1) is 5.41 Å². The highest BCUT2D eigenvalue weighted by Crippen LogP contribution is 2.36. The summed E-state index contributed by atoms with van der Waals surface area (Å²) < 4.78 is 0. The molecule has 0 radical (unpaired) electrons. The molecule has 1 aliphatic heterocycles. The van der Waals surface area contributed by atoms with Crippen LogP contribution in [0.15, 0.2) is 30.3 Å². The molecule has 0 saturated carbocycles. The van der Waals surface area contributed by atoms with E-state index in [4.69, 9.17) is 5.73 Å². The van der Waals surface area contributed by atoms with Crippen molar-refractivity contribution in [2.45, 2.75) is 39.2 Å². The number of primary amides is 1. The lowest BCUT2D eigenvalue weighted by Gasteiger charge is -2.27. The second-order valence-electron chi connectivity index (χ2n) is 5.80. The lowest BCUT2D eigenvalue weighted by molar-refractivity contribution is -0.141. The summed E-state index contributed by atoms with van der Waals surface area (Å²) in [6.45, 7) is 4.48. The Morgan fingerprint density at radius 3 is 2.60 bits per heavy atom. The summed E-state index contributed by atoms with van der Waals surface area (Å²) in [5, 5.41) is 0. The van der Waals surface area contributed by atoms with Crippen LogP contribution in [0.2, 0.25) is 0 Å². The standard InChI is InChI=1S/C16H22N2O2/c1-3-13(14(17)19)18-10-9-16(2,15(18)20)11-12-7-5-4-6-8-12/h4-8,13H,3,9-11H2,1-2H3,(H2,17,19)/t13-,16?/m0/s1. The third kappa shape index (κ3) is 2.69. The summed E-state index contributed by atoms with van der Waals surface area (Å²) in [6.07, 6.45) is 2.05. The average molecular weight is 274 g/mol. The van der Waals surface area contributed by atoms with E-state index in [2.05, 4.69) is 0 Å². The van der Waals surface area contributed by atoms with Crippen LogP contribution in [-0.2, 0) is 16.0 Å². The maximum absolute atomic E-state index is 12.7. The van der Waals surface area contributed by atoms with E-state index < -0.39 is 17.4 Å². The fraction of sp³-hybridized carbons (Fsp3) is 0.500. The highest BCUT2D eigenvalue weighted by atomic mass is 16.2. The van der Waals surface area contributed by atoms with Gasteiger partial charge in [-0.25, -0.2) is 0 Å². The van der Waals surface area contributed by atoms with Crippen LogP contribution >= 0.6 is 0 Å². The van der Waals surface area contributed by atoms with Crippen LogP contribution < -0.4 is 5.73 Å². The lowest BCUT2D eigenvalue weighted by Crippen LogP contribution is -2.47. The highest BCUT2D eigenvalue weighted by molar-refractivity contribution is 5.90. The molecule has 0 bridgehead atoms. The molecule has 1 fully saturated rings. The Kier molecular flexibility index (Phi) is 4.12. The Hall–Kier alpha value is -1.84. The zero-order valence-corrected chi connectivity index (χ0v) is 12.1. The first-order valence-corrected chi connectivity index (χ1v) is 7.12. The van der Waals surface area contributed by atoms with E-state index >= 15 is 0 Å². The number of amides is 2. The topological polar surface area (TPSA) is 63.4 Å². The zero-order chi connectivity index (χ0) is 14.8. The highest BCUT2D eigenvalue weighted by Gasteiger charge is 2.45. The minimum absolute atomic E-state index is 0.0482. The van der Waals surface area contributed by atoms with Crippen LogP contribution in [0.5, 0.6) is 0 Å². The number of rotatable bonds is 5. The van der Waals surface area contributed by atoms with Gasteiger partial charge in [-0.1, -0.05) is 44.2 Å². The second kappa shape index (κ2) is 5.65. The molecule has 2 amide bonds. The fourth-order valence-corrected chi connectivity index (χ4v) is 3.01. The number of benzene rings is 1. The molecule has 1 aromatic rings. The van der Waals surface area contributed by atoms with Crippen molar-refractivity contribution >= 4 is 11.8 Å². The summed E-state index contributed by atoms with van der Waals surface area (Å²) in [7, 11) is 0. The molecule has 0 spiro atoms. The molecule has 0 aliphatic carbocycles. The fourth-order valence-electron chi connectivity index (χ4n) is 3.01. The third-order valence-corrected chi connectivity index (χ3v) is 4.21. The number of hydrogen-bond donors (Lipinski definition) is 1. The number of carbonyl (C=O) groups is 2. The first kappa shape index (κ1) is 14.6. The minimum atomic E-state index is -0.472. The maximum Gasteiger partial charge on any atom is 0.240 e. The van der Waals surface area contributed by atoms with E-state index in [0.29, 0.717) is 19.4 Å². The number of hydrogen-bond acceptors (Lipinski definition) is 2. The van der Waals surface area contributed by atoms with E-state index in [1.807, 2.05) is 44.2 Å². The molecule has 0 aromatic heterocycles. The van der Waals surface area contributed by atoms with Gasteiger partial charge < -0.3 is 10.6 Å². The lowest BCUT2D eigenvalue weighted by atomic mass is 9.82. The van der Waals surface area contributed by atoms with Crippen molar-refractivity contribution in [3.8, 4) is 0 Å². The van der Waals surface area contributed by atoms with Crippen molar-refractivity contribution in [2.24, 2.45) is 11.1 Å². The Bertz CT molecular complexity index is 500. The van der Waals surface area contributed by atoms with Crippen molar-refractivity contribution in [1.82, 2.24) is 4.90 Å². The van der Waals surface area contributed by atoms with E-state index in [1.54, 1.807) is 4.90 Å². The summed E-state index contributed by atoms with van der Waals surface area (Å²) in [5.41, 5.74) is 6.12. The smallest absolute Gasteiger partial charge is 0.240 e. The quantitative estimate of drug-likeness (QED) is 0.888. The molecule has 2 N–H and O–H groups in total. The Morgan fingerprint density at radius 1 is 1.40 bits per heavy atom. The average Bonchev–Trinajstić information content (AvgIpc) is 2.69. The summed E-state index contributed by atoms with van der Waals surface area (Å²) in [5.74, 6) is -0.364. The molecule has 20 heavy (non-hydrogen) atoms. The predicted molar refractivity (Wildman–Crippen MR) is 77.9 cm³/mol. The van der Waals surface area contributed by atoms with Crippen molar-refractivity contribution < 1.29 is 9.59 Å². The minimum Gasteiger partial charge on any atom is -0.368 e. The molecule has 1 unspecified atom stereocenters. The van der Waals surface area contributed by atoms with E-state index in [1.165, 1.54) is 0 Å². The molecule has 1 heterocycles. The van der Waals surface area contributed by atoms with Gasteiger partial charge in [0, 0.05) is 6.54 Å². The predicted octanol–water partition coefficient (Wildman–Crippen LogP) is 1.73. The number of likely N-dealkylation sites (tertiary alicyclic amines) is 1. The van der Waals surface area contributed by atoms with E-state index in [-0.39, 0.29) is 5.91 Å². The second-order valence-corrected chi connectivity index (χ2v) is 5.80. The van der Waals surface area contributed by atoms with E-state index in [0.717, 1.165) is 12.0 Å². The molecule has 1 aromatic carbocycles. The Balaban J connectivity index is 2.15. The summed E-state index contributed by atoms with van der Waals surface area (Å²) in [6, 6.07) is 9.52. The van der Waals surface area contributed by atoms with Gasteiger partial charge in [-0.2, -0.15) is 0 Å². The van der Waals surface area contributed by atoms with Crippen LogP contribution in [0.1, 0.15) is 32.3 Å². The van der Waals surface area contributed by atoms with Crippen LogP contribution in [-0.4, -0.2) is 29.3 Å². The molecule has 4 heteroatoms. The maximum atomic E-state index is 12.7. The SMILES string of the molecule is CC[C@@H](C(N)=O)N1CCC(C)(Cc2ccccc2)C1=O. The van der Waals surface area contributed by atoms with Crippen molar-refractivity contribution in [2.75, 3.05) is 6.54 Å². The number of nitrogens with zero attached hydrogens (tertiary/aromatic N) is 1. The van der Waals surface area contributed by atoms with Crippen LogP contribution in [0.25, 0.3) is 0 Å². The van der Waals surface area contributed by atoms with Gasteiger partial charge >= 0.3 is 0 Å². The Labute approximate surface area is 119 Å².